The largest absolute Gasteiger partial charge is 0.444 e. The zero-order valence-electron chi connectivity index (χ0n) is 10.1. The Hall–Kier alpha value is -1.43. The van der Waals surface area contributed by atoms with E-state index in [1.807, 2.05) is 35.2 Å². The molecular formula is C13H17NO4. The number of benzene rings is 1. The molecule has 0 saturated carbocycles. The van der Waals surface area contributed by atoms with Crippen LogP contribution in [0.2, 0.25) is 0 Å². The smallest absolute Gasteiger partial charge is 0.294 e. The zero-order chi connectivity index (χ0) is 12.8. The van der Waals surface area contributed by atoms with E-state index in [1.54, 1.807) is 0 Å². The van der Waals surface area contributed by atoms with Gasteiger partial charge in [-0.25, -0.2) is 0 Å². The third-order valence-corrected chi connectivity index (χ3v) is 2.97. The summed E-state index contributed by atoms with van der Waals surface area (Å²) in [6, 6.07) is 9.55. The van der Waals surface area contributed by atoms with Crippen LogP contribution < -0.4 is 0 Å². The van der Waals surface area contributed by atoms with E-state index < -0.39 is 6.23 Å². The van der Waals surface area contributed by atoms with Crippen molar-refractivity contribution in [3.63, 3.8) is 0 Å². The maximum absolute atomic E-state index is 10.7. The molecule has 5 heteroatoms. The second kappa shape index (κ2) is 6.49. The van der Waals surface area contributed by atoms with Gasteiger partial charge in [0.2, 0.25) is 0 Å². The second-order valence-electron chi connectivity index (χ2n) is 4.17. The highest BCUT2D eigenvalue weighted by Crippen LogP contribution is 2.23. The molecule has 0 radical (unpaired) electrons. The highest BCUT2D eigenvalue weighted by Gasteiger charge is 2.28. The first-order valence-corrected chi connectivity index (χ1v) is 5.95. The quantitative estimate of drug-likeness (QED) is 0.774. The second-order valence-corrected chi connectivity index (χ2v) is 4.17. The fraction of sp³-hybridized carbons (Fsp3) is 0.462. The molecule has 2 atom stereocenters. The Labute approximate surface area is 106 Å². The van der Waals surface area contributed by atoms with Crippen LogP contribution in [0.5, 0.6) is 0 Å². The molecule has 2 rings (SSSR count). The van der Waals surface area contributed by atoms with Crippen molar-refractivity contribution in [3.05, 3.63) is 35.9 Å². The van der Waals surface area contributed by atoms with Crippen LogP contribution in [0.3, 0.4) is 0 Å². The summed E-state index contributed by atoms with van der Waals surface area (Å²) in [4.78, 5) is 12.6. The number of morpholine rings is 1. The molecule has 0 aliphatic carbocycles. The third-order valence-electron chi connectivity index (χ3n) is 2.97. The standard InChI is InChI=1S/C13H17NO4/c15-9-12-8-14(6-7-17-12)13(18-10-16)11-4-2-1-3-5-11/h1-5,10,12-13,15H,6-9H2. The molecule has 2 unspecified atom stereocenters. The zero-order valence-corrected chi connectivity index (χ0v) is 10.1. The Morgan fingerprint density at radius 2 is 2.28 bits per heavy atom. The summed E-state index contributed by atoms with van der Waals surface area (Å²) in [6.45, 7) is 2.17. The molecule has 0 amide bonds. The molecule has 1 aliphatic rings. The molecule has 0 aromatic heterocycles. The van der Waals surface area contributed by atoms with Gasteiger partial charge in [-0.2, -0.15) is 0 Å². The Balaban J connectivity index is 2.12. The van der Waals surface area contributed by atoms with Gasteiger partial charge in [-0.15, -0.1) is 0 Å². The number of aliphatic hydroxyl groups excluding tert-OH is 1. The lowest BCUT2D eigenvalue weighted by Crippen LogP contribution is -2.46. The molecular weight excluding hydrogens is 234 g/mol. The highest BCUT2D eigenvalue weighted by molar-refractivity contribution is 5.38. The summed E-state index contributed by atoms with van der Waals surface area (Å²) >= 11 is 0. The van der Waals surface area contributed by atoms with Gasteiger partial charge < -0.3 is 14.6 Å². The van der Waals surface area contributed by atoms with Crippen molar-refractivity contribution in [1.82, 2.24) is 4.90 Å². The first-order valence-electron chi connectivity index (χ1n) is 5.95. The Morgan fingerprint density at radius 1 is 1.50 bits per heavy atom. The molecule has 1 saturated heterocycles. The van der Waals surface area contributed by atoms with Gasteiger partial charge in [0.1, 0.15) is 0 Å². The van der Waals surface area contributed by atoms with E-state index in [9.17, 15) is 4.79 Å². The van der Waals surface area contributed by atoms with Gasteiger partial charge in [0.25, 0.3) is 6.47 Å². The molecule has 1 heterocycles. The fourth-order valence-electron chi connectivity index (χ4n) is 2.11. The van der Waals surface area contributed by atoms with Crippen LogP contribution >= 0.6 is 0 Å². The van der Waals surface area contributed by atoms with Crippen molar-refractivity contribution in [2.75, 3.05) is 26.3 Å². The molecule has 5 nitrogen and oxygen atoms in total. The number of carbonyl (C=O) groups excluding carboxylic acids is 1. The predicted molar refractivity (Wildman–Crippen MR) is 64.7 cm³/mol. The number of nitrogens with zero attached hydrogens (tertiary/aromatic N) is 1. The number of carbonyl (C=O) groups is 1. The Morgan fingerprint density at radius 3 is 2.94 bits per heavy atom. The molecule has 0 bridgehead atoms. The van der Waals surface area contributed by atoms with E-state index >= 15 is 0 Å². The van der Waals surface area contributed by atoms with Gasteiger partial charge in [-0.05, 0) is 0 Å². The molecule has 1 aromatic carbocycles. The lowest BCUT2D eigenvalue weighted by atomic mass is 10.1. The van der Waals surface area contributed by atoms with Crippen molar-refractivity contribution < 1.29 is 19.4 Å². The van der Waals surface area contributed by atoms with Crippen LogP contribution in [-0.4, -0.2) is 48.9 Å². The fourth-order valence-corrected chi connectivity index (χ4v) is 2.11. The Bertz CT molecular complexity index is 371. The maximum atomic E-state index is 10.7. The van der Waals surface area contributed by atoms with Gasteiger partial charge in [0, 0.05) is 18.7 Å². The summed E-state index contributed by atoms with van der Waals surface area (Å²) < 4.78 is 10.6. The summed E-state index contributed by atoms with van der Waals surface area (Å²) in [5.74, 6) is 0. The van der Waals surface area contributed by atoms with Crippen LogP contribution in [0.25, 0.3) is 0 Å². The van der Waals surface area contributed by atoms with Crippen molar-refractivity contribution in [2.45, 2.75) is 12.3 Å². The number of aliphatic hydroxyl groups is 1. The average molecular weight is 251 g/mol. The number of rotatable bonds is 5. The highest BCUT2D eigenvalue weighted by atomic mass is 16.5. The normalized spacial score (nSPS) is 22.4. The van der Waals surface area contributed by atoms with E-state index in [1.165, 1.54) is 0 Å². The minimum Gasteiger partial charge on any atom is -0.444 e. The van der Waals surface area contributed by atoms with Crippen molar-refractivity contribution in [2.24, 2.45) is 0 Å². The van der Waals surface area contributed by atoms with E-state index in [0.29, 0.717) is 26.2 Å². The predicted octanol–water partition coefficient (Wildman–Crippen LogP) is 0.551. The van der Waals surface area contributed by atoms with E-state index in [4.69, 9.17) is 14.6 Å². The van der Waals surface area contributed by atoms with Crippen LogP contribution in [0.4, 0.5) is 0 Å². The first-order chi connectivity index (χ1) is 8.85. The van der Waals surface area contributed by atoms with Gasteiger partial charge in [-0.3, -0.25) is 9.69 Å². The topological polar surface area (TPSA) is 59.0 Å². The van der Waals surface area contributed by atoms with Crippen LogP contribution in [0.1, 0.15) is 11.8 Å². The van der Waals surface area contributed by atoms with Gasteiger partial charge >= 0.3 is 0 Å². The van der Waals surface area contributed by atoms with E-state index in [-0.39, 0.29) is 12.7 Å². The van der Waals surface area contributed by atoms with Crippen molar-refractivity contribution in [3.8, 4) is 0 Å². The van der Waals surface area contributed by atoms with Gasteiger partial charge in [0.15, 0.2) is 6.23 Å². The molecule has 98 valence electrons. The summed E-state index contributed by atoms with van der Waals surface area (Å²) in [5.41, 5.74) is 0.920. The van der Waals surface area contributed by atoms with E-state index in [0.717, 1.165) is 5.56 Å². The summed E-state index contributed by atoms with van der Waals surface area (Å²) in [7, 11) is 0. The summed E-state index contributed by atoms with van der Waals surface area (Å²) in [5, 5.41) is 9.13. The first kappa shape index (κ1) is 13.0. The van der Waals surface area contributed by atoms with Gasteiger partial charge in [-0.1, -0.05) is 30.3 Å². The average Bonchev–Trinajstić information content (AvgIpc) is 2.46. The number of hydrogen-bond acceptors (Lipinski definition) is 5. The SMILES string of the molecule is O=COC(c1ccccc1)N1CCOC(CO)C1. The number of ether oxygens (including phenoxy) is 2. The number of hydrogen-bond donors (Lipinski definition) is 1. The van der Waals surface area contributed by atoms with Crippen LogP contribution in [0, 0.1) is 0 Å². The maximum Gasteiger partial charge on any atom is 0.294 e. The van der Waals surface area contributed by atoms with Crippen LogP contribution in [-0.2, 0) is 14.3 Å². The van der Waals surface area contributed by atoms with Crippen LogP contribution in [0.15, 0.2) is 30.3 Å². The minimum absolute atomic E-state index is 0.0287. The summed E-state index contributed by atoms with van der Waals surface area (Å²) in [6.07, 6.45) is -0.637. The molecule has 1 aromatic rings. The minimum atomic E-state index is -0.415. The van der Waals surface area contributed by atoms with Gasteiger partial charge in [0.05, 0.1) is 19.3 Å². The lowest BCUT2D eigenvalue weighted by Gasteiger charge is -2.36. The molecule has 0 spiro atoms. The monoisotopic (exact) mass is 251 g/mol. The molecule has 1 N–H and O–H groups in total. The Kier molecular flexibility index (Phi) is 4.69. The van der Waals surface area contributed by atoms with Crippen molar-refractivity contribution >= 4 is 6.47 Å². The molecule has 1 fully saturated rings. The third kappa shape index (κ3) is 3.07. The lowest BCUT2D eigenvalue weighted by molar-refractivity contribution is -0.155. The molecule has 18 heavy (non-hydrogen) atoms. The molecule has 1 aliphatic heterocycles. The van der Waals surface area contributed by atoms with Crippen molar-refractivity contribution in [1.29, 1.82) is 0 Å². The van der Waals surface area contributed by atoms with E-state index in [2.05, 4.69) is 0 Å².